The van der Waals surface area contributed by atoms with Crippen LogP contribution < -0.4 is 9.47 Å². The predicted octanol–water partition coefficient (Wildman–Crippen LogP) is 11.1. The average molecular weight is 555 g/mol. The number of unbranched alkanes of at least 4 members (excludes halogenated alkanes) is 2. The van der Waals surface area contributed by atoms with Crippen molar-refractivity contribution in [2.24, 2.45) is 5.92 Å². The first-order valence-corrected chi connectivity index (χ1v) is 15.0. The molecule has 0 saturated heterocycles. The molecule has 2 nitrogen and oxygen atoms in total. The first kappa shape index (κ1) is 31.6. The molecule has 2 unspecified atom stereocenters. The number of hydrogen-bond donors (Lipinski definition) is 0. The van der Waals surface area contributed by atoms with Crippen LogP contribution in [0.25, 0.3) is 11.1 Å². The zero-order valence-corrected chi connectivity index (χ0v) is 24.3. The van der Waals surface area contributed by atoms with Crippen molar-refractivity contribution in [3.8, 4) is 22.6 Å². The standard InChI is InChI=1S/C35H45F3O2/c1-4-7-13-28(12-6-3)34-25-32(21-22-33(34)29-14-10-9-11-15-29)40-26-27-17-19-31(20-18-27)39-24-23-30(16-8-5-2)35(36,37)38/h9-11,14-15,17-22,25,28,30H,4-8,12-13,16,23-24,26H2,1-3H3. The predicted molar refractivity (Wildman–Crippen MR) is 159 cm³/mol. The van der Waals surface area contributed by atoms with Crippen LogP contribution in [-0.4, -0.2) is 12.8 Å². The molecule has 0 heterocycles. The van der Waals surface area contributed by atoms with E-state index in [0.29, 0.717) is 24.7 Å². The van der Waals surface area contributed by atoms with Gasteiger partial charge in [-0.2, -0.15) is 13.2 Å². The van der Waals surface area contributed by atoms with Crippen LogP contribution in [0.15, 0.2) is 72.8 Å². The molecule has 0 aromatic heterocycles. The Bertz CT molecular complexity index is 1110. The van der Waals surface area contributed by atoms with Gasteiger partial charge < -0.3 is 9.47 Å². The molecule has 0 aliphatic carbocycles. The normalized spacial score (nSPS) is 13.2. The molecule has 0 saturated carbocycles. The second-order valence-electron chi connectivity index (χ2n) is 10.7. The highest BCUT2D eigenvalue weighted by Crippen LogP contribution is 2.37. The highest BCUT2D eigenvalue weighted by molar-refractivity contribution is 5.69. The lowest BCUT2D eigenvalue weighted by atomic mass is 9.84. The minimum Gasteiger partial charge on any atom is -0.494 e. The number of ether oxygens (including phenoxy) is 2. The molecule has 40 heavy (non-hydrogen) atoms. The van der Waals surface area contributed by atoms with Crippen LogP contribution in [0.3, 0.4) is 0 Å². The van der Waals surface area contributed by atoms with E-state index >= 15 is 0 Å². The van der Waals surface area contributed by atoms with E-state index in [2.05, 4.69) is 50.2 Å². The molecule has 0 fully saturated rings. The Morgan fingerprint density at radius 3 is 2.00 bits per heavy atom. The maximum Gasteiger partial charge on any atom is 0.391 e. The van der Waals surface area contributed by atoms with Crippen LogP contribution in [-0.2, 0) is 6.61 Å². The fourth-order valence-corrected chi connectivity index (χ4v) is 5.19. The van der Waals surface area contributed by atoms with Crippen molar-refractivity contribution >= 4 is 0 Å². The third-order valence-corrected chi connectivity index (χ3v) is 7.52. The second kappa shape index (κ2) is 16.3. The lowest BCUT2D eigenvalue weighted by Crippen LogP contribution is -2.24. The molecule has 3 rings (SSSR count). The van der Waals surface area contributed by atoms with Gasteiger partial charge in [0.2, 0.25) is 0 Å². The van der Waals surface area contributed by atoms with Crippen LogP contribution in [0, 0.1) is 5.92 Å². The number of rotatable bonds is 17. The van der Waals surface area contributed by atoms with Gasteiger partial charge >= 0.3 is 6.18 Å². The number of benzene rings is 3. The van der Waals surface area contributed by atoms with E-state index in [4.69, 9.17) is 9.47 Å². The zero-order chi connectivity index (χ0) is 28.8. The van der Waals surface area contributed by atoms with Crippen LogP contribution in [0.2, 0.25) is 0 Å². The van der Waals surface area contributed by atoms with Crippen LogP contribution in [0.5, 0.6) is 11.5 Å². The summed E-state index contributed by atoms with van der Waals surface area (Å²) in [5.41, 5.74) is 4.82. The Hall–Kier alpha value is -2.95. The first-order valence-electron chi connectivity index (χ1n) is 15.0. The van der Waals surface area contributed by atoms with Gasteiger partial charge in [0.15, 0.2) is 0 Å². The number of hydrogen-bond acceptors (Lipinski definition) is 2. The van der Waals surface area contributed by atoms with Crippen molar-refractivity contribution in [3.63, 3.8) is 0 Å². The first-order chi connectivity index (χ1) is 19.4. The minimum atomic E-state index is -4.18. The van der Waals surface area contributed by atoms with E-state index in [0.717, 1.165) is 37.0 Å². The Labute approximate surface area is 238 Å². The van der Waals surface area contributed by atoms with Gasteiger partial charge in [-0.15, -0.1) is 0 Å². The highest BCUT2D eigenvalue weighted by Gasteiger charge is 2.38. The fourth-order valence-electron chi connectivity index (χ4n) is 5.19. The van der Waals surface area contributed by atoms with Crippen molar-refractivity contribution in [1.29, 1.82) is 0 Å². The molecule has 0 spiro atoms. The van der Waals surface area contributed by atoms with E-state index in [1.54, 1.807) is 12.1 Å². The van der Waals surface area contributed by atoms with Crippen LogP contribution in [0.4, 0.5) is 13.2 Å². The lowest BCUT2D eigenvalue weighted by Gasteiger charge is -2.22. The molecule has 0 N–H and O–H groups in total. The van der Waals surface area contributed by atoms with Gasteiger partial charge in [-0.3, -0.25) is 0 Å². The largest absolute Gasteiger partial charge is 0.494 e. The fraction of sp³-hybridized carbons (Fsp3) is 0.486. The van der Waals surface area contributed by atoms with Crippen LogP contribution >= 0.6 is 0 Å². The Balaban J connectivity index is 1.64. The molecule has 2 atom stereocenters. The molecule has 0 aliphatic heterocycles. The quantitative estimate of drug-likeness (QED) is 0.165. The van der Waals surface area contributed by atoms with Gasteiger partial charge in [-0.25, -0.2) is 0 Å². The molecule has 218 valence electrons. The van der Waals surface area contributed by atoms with Gasteiger partial charge in [-0.05, 0) is 78.1 Å². The second-order valence-corrected chi connectivity index (χ2v) is 10.7. The van der Waals surface area contributed by atoms with Gasteiger partial charge in [0, 0.05) is 0 Å². The average Bonchev–Trinajstić information content (AvgIpc) is 2.96. The molecule has 5 heteroatoms. The third-order valence-electron chi connectivity index (χ3n) is 7.52. The SMILES string of the molecule is CCCCC(CCC)c1cc(OCc2ccc(OCCC(CCCC)C(F)(F)F)cc2)ccc1-c1ccccc1. The molecular weight excluding hydrogens is 509 g/mol. The summed E-state index contributed by atoms with van der Waals surface area (Å²) in [6.07, 6.45) is 3.12. The van der Waals surface area contributed by atoms with Gasteiger partial charge in [0.25, 0.3) is 0 Å². The summed E-state index contributed by atoms with van der Waals surface area (Å²) in [4.78, 5) is 0. The topological polar surface area (TPSA) is 18.5 Å². The van der Waals surface area contributed by atoms with Gasteiger partial charge in [-0.1, -0.05) is 101 Å². The summed E-state index contributed by atoms with van der Waals surface area (Å²) in [7, 11) is 0. The number of halogens is 3. The molecular formula is C35H45F3O2. The Morgan fingerprint density at radius 1 is 0.675 bits per heavy atom. The van der Waals surface area contributed by atoms with E-state index in [9.17, 15) is 13.2 Å². The van der Waals surface area contributed by atoms with Crippen molar-refractivity contribution in [2.75, 3.05) is 6.61 Å². The van der Waals surface area contributed by atoms with Gasteiger partial charge in [0.05, 0.1) is 12.5 Å². The zero-order valence-electron chi connectivity index (χ0n) is 24.3. The maximum absolute atomic E-state index is 13.2. The smallest absolute Gasteiger partial charge is 0.391 e. The monoisotopic (exact) mass is 554 g/mol. The summed E-state index contributed by atoms with van der Waals surface area (Å²) >= 11 is 0. The van der Waals surface area contributed by atoms with Crippen molar-refractivity contribution in [1.82, 2.24) is 0 Å². The molecule has 3 aromatic rings. The summed E-state index contributed by atoms with van der Waals surface area (Å²) in [5.74, 6) is 0.599. The highest BCUT2D eigenvalue weighted by atomic mass is 19.4. The van der Waals surface area contributed by atoms with Crippen molar-refractivity contribution < 1.29 is 22.6 Å². The van der Waals surface area contributed by atoms with E-state index in [1.165, 1.54) is 29.5 Å². The minimum absolute atomic E-state index is 0.0209. The molecule has 0 aliphatic rings. The number of alkyl halides is 3. The van der Waals surface area contributed by atoms with E-state index in [1.807, 2.05) is 31.2 Å². The van der Waals surface area contributed by atoms with Crippen molar-refractivity contribution in [3.05, 3.63) is 83.9 Å². The Morgan fingerprint density at radius 2 is 1.35 bits per heavy atom. The summed E-state index contributed by atoms with van der Waals surface area (Å²) in [6, 6.07) is 24.4. The van der Waals surface area contributed by atoms with Crippen LogP contribution in [0.1, 0.15) is 95.6 Å². The lowest BCUT2D eigenvalue weighted by molar-refractivity contribution is -0.179. The molecule has 0 bridgehead atoms. The Kier molecular flexibility index (Phi) is 12.9. The molecule has 0 radical (unpaired) electrons. The van der Waals surface area contributed by atoms with E-state index < -0.39 is 12.1 Å². The van der Waals surface area contributed by atoms with Gasteiger partial charge in [0.1, 0.15) is 18.1 Å². The molecule has 3 aromatic carbocycles. The third kappa shape index (κ3) is 9.91. The summed E-state index contributed by atoms with van der Waals surface area (Å²) in [5, 5.41) is 0. The molecule has 0 amide bonds. The summed E-state index contributed by atoms with van der Waals surface area (Å²) < 4.78 is 51.6. The van der Waals surface area contributed by atoms with Crippen molar-refractivity contribution in [2.45, 2.75) is 97.3 Å². The maximum atomic E-state index is 13.2. The summed E-state index contributed by atoms with van der Waals surface area (Å²) in [6.45, 7) is 6.85. The van der Waals surface area contributed by atoms with E-state index in [-0.39, 0.29) is 19.4 Å².